The van der Waals surface area contributed by atoms with Crippen molar-refractivity contribution in [3.8, 4) is 11.4 Å². The molecule has 0 saturated heterocycles. The standard InChI is InChI=1S/C13H16N2OS/c1-13(2,17-3)12-7-8-15(14-12)10-5-4-6-11(16)9-10/h4-9,16H,1-3H3. The summed E-state index contributed by atoms with van der Waals surface area (Å²) >= 11 is 1.77. The number of thioether (sulfide) groups is 1. The van der Waals surface area contributed by atoms with Crippen LogP contribution in [0.4, 0.5) is 0 Å². The van der Waals surface area contributed by atoms with Crippen molar-refractivity contribution < 1.29 is 5.11 Å². The van der Waals surface area contributed by atoms with Crippen molar-refractivity contribution >= 4 is 11.8 Å². The summed E-state index contributed by atoms with van der Waals surface area (Å²) in [5, 5.41) is 14.0. The monoisotopic (exact) mass is 248 g/mol. The van der Waals surface area contributed by atoms with Crippen molar-refractivity contribution in [2.45, 2.75) is 18.6 Å². The largest absolute Gasteiger partial charge is 0.508 e. The first-order valence-corrected chi connectivity index (χ1v) is 6.66. The molecular weight excluding hydrogens is 232 g/mol. The van der Waals surface area contributed by atoms with E-state index in [-0.39, 0.29) is 10.5 Å². The Morgan fingerprint density at radius 2 is 2.06 bits per heavy atom. The number of aromatic hydroxyl groups is 1. The van der Waals surface area contributed by atoms with E-state index in [1.54, 1.807) is 28.6 Å². The molecule has 0 atom stereocenters. The SMILES string of the molecule is CSC(C)(C)c1ccn(-c2cccc(O)c2)n1. The molecule has 4 heteroatoms. The van der Waals surface area contributed by atoms with E-state index < -0.39 is 0 Å². The molecule has 17 heavy (non-hydrogen) atoms. The summed E-state index contributed by atoms with van der Waals surface area (Å²) in [4.78, 5) is 0. The summed E-state index contributed by atoms with van der Waals surface area (Å²) in [5.74, 6) is 0.253. The van der Waals surface area contributed by atoms with Gasteiger partial charge < -0.3 is 5.11 Å². The molecule has 0 spiro atoms. The number of hydrogen-bond donors (Lipinski definition) is 1. The van der Waals surface area contributed by atoms with Gasteiger partial charge in [-0.05, 0) is 38.3 Å². The molecule has 3 nitrogen and oxygen atoms in total. The highest BCUT2D eigenvalue weighted by molar-refractivity contribution is 7.99. The van der Waals surface area contributed by atoms with Crippen LogP contribution in [0, 0.1) is 0 Å². The molecular formula is C13H16N2OS. The average Bonchev–Trinajstić information content (AvgIpc) is 2.79. The zero-order valence-electron chi connectivity index (χ0n) is 10.2. The van der Waals surface area contributed by atoms with Crippen LogP contribution in [0.15, 0.2) is 36.5 Å². The second-order valence-corrected chi connectivity index (χ2v) is 5.81. The molecule has 1 N–H and O–H groups in total. The number of rotatable bonds is 3. The van der Waals surface area contributed by atoms with Gasteiger partial charge in [0.15, 0.2) is 0 Å². The van der Waals surface area contributed by atoms with Gasteiger partial charge in [0.2, 0.25) is 0 Å². The maximum absolute atomic E-state index is 9.44. The lowest BCUT2D eigenvalue weighted by molar-refractivity contribution is 0.475. The zero-order valence-corrected chi connectivity index (χ0v) is 11.0. The predicted octanol–water partition coefficient (Wildman–Crippen LogP) is 3.18. The van der Waals surface area contributed by atoms with E-state index in [4.69, 9.17) is 0 Å². The van der Waals surface area contributed by atoms with Gasteiger partial charge in [0.1, 0.15) is 5.75 Å². The summed E-state index contributed by atoms with van der Waals surface area (Å²) in [6, 6.07) is 9.09. The Balaban J connectivity index is 2.36. The highest BCUT2D eigenvalue weighted by atomic mass is 32.2. The summed E-state index contributed by atoms with van der Waals surface area (Å²) in [7, 11) is 0. The second-order valence-electron chi connectivity index (χ2n) is 4.38. The van der Waals surface area contributed by atoms with Gasteiger partial charge in [-0.15, -0.1) is 0 Å². The van der Waals surface area contributed by atoms with E-state index in [0.717, 1.165) is 11.4 Å². The minimum Gasteiger partial charge on any atom is -0.508 e. The summed E-state index contributed by atoms with van der Waals surface area (Å²) in [5.41, 5.74) is 1.90. The Hall–Kier alpha value is -1.42. The Labute approximate surface area is 105 Å². The van der Waals surface area contributed by atoms with Crippen molar-refractivity contribution in [1.82, 2.24) is 9.78 Å². The van der Waals surface area contributed by atoms with Crippen molar-refractivity contribution in [2.75, 3.05) is 6.26 Å². The van der Waals surface area contributed by atoms with E-state index in [2.05, 4.69) is 25.2 Å². The van der Waals surface area contributed by atoms with Crippen LogP contribution in [0.25, 0.3) is 5.69 Å². The molecule has 0 unspecified atom stereocenters. The average molecular weight is 248 g/mol. The first-order valence-electron chi connectivity index (χ1n) is 5.43. The molecule has 2 rings (SSSR count). The number of phenols is 1. The lowest BCUT2D eigenvalue weighted by Crippen LogP contribution is -2.12. The van der Waals surface area contributed by atoms with Crippen LogP contribution in [-0.4, -0.2) is 21.1 Å². The van der Waals surface area contributed by atoms with Gasteiger partial charge in [0.25, 0.3) is 0 Å². The topological polar surface area (TPSA) is 38.0 Å². The number of hydrogen-bond acceptors (Lipinski definition) is 3. The van der Waals surface area contributed by atoms with Crippen molar-refractivity contribution in [2.24, 2.45) is 0 Å². The molecule has 0 amide bonds. The minimum atomic E-state index is 0.00206. The van der Waals surface area contributed by atoms with Crippen LogP contribution in [0.1, 0.15) is 19.5 Å². The summed E-state index contributed by atoms with van der Waals surface area (Å²) in [6.45, 7) is 4.29. The molecule has 2 aromatic rings. The first-order chi connectivity index (χ1) is 8.03. The maximum Gasteiger partial charge on any atom is 0.117 e. The molecule has 0 aliphatic heterocycles. The Bertz CT molecular complexity index is 520. The summed E-state index contributed by atoms with van der Waals surface area (Å²) in [6.07, 6.45) is 4.00. The van der Waals surface area contributed by atoms with Crippen LogP contribution in [0.2, 0.25) is 0 Å². The number of phenolic OH excluding ortho intramolecular Hbond substituents is 1. The van der Waals surface area contributed by atoms with E-state index >= 15 is 0 Å². The predicted molar refractivity (Wildman–Crippen MR) is 71.8 cm³/mol. The van der Waals surface area contributed by atoms with Crippen LogP contribution < -0.4 is 0 Å². The smallest absolute Gasteiger partial charge is 0.117 e. The number of nitrogens with zero attached hydrogens (tertiary/aromatic N) is 2. The second kappa shape index (κ2) is 4.45. The van der Waals surface area contributed by atoms with Gasteiger partial charge in [-0.25, -0.2) is 4.68 Å². The van der Waals surface area contributed by atoms with E-state index in [1.807, 2.05) is 24.4 Å². The molecule has 0 saturated carbocycles. The molecule has 1 aromatic heterocycles. The number of aromatic nitrogens is 2. The number of benzene rings is 1. The maximum atomic E-state index is 9.44. The third-order valence-electron chi connectivity index (χ3n) is 2.81. The normalized spacial score (nSPS) is 11.7. The molecule has 1 aromatic carbocycles. The zero-order chi connectivity index (χ0) is 12.5. The Morgan fingerprint density at radius 3 is 2.71 bits per heavy atom. The van der Waals surface area contributed by atoms with Crippen molar-refractivity contribution in [3.05, 3.63) is 42.2 Å². The molecule has 0 radical (unpaired) electrons. The third kappa shape index (κ3) is 2.47. The molecule has 0 aliphatic carbocycles. The lowest BCUT2D eigenvalue weighted by Gasteiger charge is -2.18. The van der Waals surface area contributed by atoms with Crippen LogP contribution >= 0.6 is 11.8 Å². The quantitative estimate of drug-likeness (QED) is 0.906. The fraction of sp³-hybridized carbons (Fsp3) is 0.308. The highest BCUT2D eigenvalue weighted by Gasteiger charge is 2.21. The fourth-order valence-corrected chi connectivity index (χ4v) is 1.85. The van der Waals surface area contributed by atoms with Crippen molar-refractivity contribution in [1.29, 1.82) is 0 Å². The van der Waals surface area contributed by atoms with Crippen LogP contribution in [-0.2, 0) is 4.75 Å². The Kier molecular flexibility index (Phi) is 3.15. The molecule has 0 fully saturated rings. The van der Waals surface area contributed by atoms with E-state index in [0.29, 0.717) is 0 Å². The highest BCUT2D eigenvalue weighted by Crippen LogP contribution is 2.32. The summed E-state index contributed by atoms with van der Waals surface area (Å²) < 4.78 is 1.79. The molecule has 90 valence electrons. The first kappa shape index (κ1) is 12.0. The van der Waals surface area contributed by atoms with Gasteiger partial charge in [-0.1, -0.05) is 6.07 Å². The molecule has 0 bridgehead atoms. The van der Waals surface area contributed by atoms with Crippen LogP contribution in [0.3, 0.4) is 0 Å². The van der Waals surface area contributed by atoms with Gasteiger partial charge in [0, 0.05) is 12.3 Å². The molecule has 1 heterocycles. The van der Waals surface area contributed by atoms with Gasteiger partial charge in [0.05, 0.1) is 16.1 Å². The lowest BCUT2D eigenvalue weighted by atomic mass is 10.1. The van der Waals surface area contributed by atoms with E-state index in [9.17, 15) is 5.11 Å². The van der Waals surface area contributed by atoms with Crippen LogP contribution in [0.5, 0.6) is 5.75 Å². The minimum absolute atomic E-state index is 0.00206. The van der Waals surface area contributed by atoms with Gasteiger partial charge >= 0.3 is 0 Å². The molecule has 0 aliphatic rings. The van der Waals surface area contributed by atoms with Gasteiger partial charge in [-0.3, -0.25) is 0 Å². The van der Waals surface area contributed by atoms with Crippen molar-refractivity contribution in [3.63, 3.8) is 0 Å². The Morgan fingerprint density at radius 1 is 1.29 bits per heavy atom. The van der Waals surface area contributed by atoms with E-state index in [1.165, 1.54) is 0 Å². The van der Waals surface area contributed by atoms with Gasteiger partial charge in [-0.2, -0.15) is 16.9 Å². The fourth-order valence-electron chi connectivity index (χ4n) is 1.53. The third-order valence-corrected chi connectivity index (χ3v) is 4.04.